The molecule has 6 aromatic carbocycles. The highest BCUT2D eigenvalue weighted by atomic mass is 14.9. The van der Waals surface area contributed by atoms with Crippen LogP contribution in [0.25, 0.3) is 56.0 Å². The van der Waals surface area contributed by atoms with Crippen LogP contribution in [0.3, 0.4) is 0 Å². The molecular weight excluding hydrogens is 593 g/mol. The number of nitrogens with zero attached hydrogens (tertiary/aromatic N) is 2. The van der Waals surface area contributed by atoms with Crippen LogP contribution in [0.5, 0.6) is 0 Å². The van der Waals surface area contributed by atoms with Gasteiger partial charge in [0.2, 0.25) is 0 Å². The molecule has 2 nitrogen and oxygen atoms in total. The average molecular weight is 625 g/mol. The van der Waals surface area contributed by atoms with Crippen LogP contribution in [-0.2, 0) is 5.41 Å². The fourth-order valence-electron chi connectivity index (χ4n) is 8.66. The largest absolute Gasteiger partial charge is 0.231 e. The second-order valence-electron chi connectivity index (χ2n) is 13.3. The number of benzene rings is 6. The van der Waals surface area contributed by atoms with E-state index in [4.69, 9.17) is 9.97 Å². The third-order valence-corrected chi connectivity index (χ3v) is 10.8. The summed E-state index contributed by atoms with van der Waals surface area (Å²) in [6.07, 6.45) is 9.22. The Labute approximate surface area is 286 Å². The molecule has 1 spiro atoms. The van der Waals surface area contributed by atoms with Gasteiger partial charge in [-0.05, 0) is 44.5 Å². The first kappa shape index (κ1) is 27.9. The highest BCUT2D eigenvalue weighted by molar-refractivity contribution is 5.93. The molecule has 3 aliphatic carbocycles. The second kappa shape index (κ2) is 11.0. The molecule has 0 amide bonds. The number of hydrogen-bond acceptors (Lipinski definition) is 2. The summed E-state index contributed by atoms with van der Waals surface area (Å²) in [5.74, 6) is 1.25. The summed E-state index contributed by atoms with van der Waals surface area (Å²) in [5, 5.41) is 0. The van der Waals surface area contributed by atoms with Crippen molar-refractivity contribution in [3.05, 3.63) is 204 Å². The number of hydrogen-bond donors (Lipinski definition) is 0. The molecule has 0 saturated carbocycles. The zero-order chi connectivity index (χ0) is 32.4. The molecule has 0 radical (unpaired) electrons. The van der Waals surface area contributed by atoms with E-state index in [0.29, 0.717) is 0 Å². The van der Waals surface area contributed by atoms with Crippen LogP contribution in [0.1, 0.15) is 28.3 Å². The molecule has 49 heavy (non-hydrogen) atoms. The number of rotatable bonds is 4. The van der Waals surface area contributed by atoms with E-state index in [9.17, 15) is 0 Å². The zero-order valence-electron chi connectivity index (χ0n) is 26.9. The van der Waals surface area contributed by atoms with Crippen molar-refractivity contribution in [3.8, 4) is 56.0 Å². The minimum absolute atomic E-state index is 0.213. The van der Waals surface area contributed by atoms with Gasteiger partial charge in [0.1, 0.15) is 0 Å². The lowest BCUT2D eigenvalue weighted by atomic mass is 9.67. The molecule has 10 rings (SSSR count). The Morgan fingerprint density at radius 1 is 0.429 bits per heavy atom. The van der Waals surface area contributed by atoms with E-state index in [1.807, 2.05) is 0 Å². The van der Waals surface area contributed by atoms with E-state index in [-0.39, 0.29) is 11.8 Å². The molecule has 3 atom stereocenters. The van der Waals surface area contributed by atoms with Gasteiger partial charge in [-0.2, -0.15) is 0 Å². The first-order chi connectivity index (χ1) is 24.3. The van der Waals surface area contributed by atoms with Crippen molar-refractivity contribution in [2.75, 3.05) is 0 Å². The van der Waals surface area contributed by atoms with E-state index in [1.54, 1.807) is 0 Å². The van der Waals surface area contributed by atoms with Crippen molar-refractivity contribution in [3.63, 3.8) is 0 Å². The van der Waals surface area contributed by atoms with E-state index < -0.39 is 5.41 Å². The summed E-state index contributed by atoms with van der Waals surface area (Å²) in [4.78, 5) is 11.0. The van der Waals surface area contributed by atoms with Gasteiger partial charge < -0.3 is 0 Å². The molecular formula is C47H32N2. The first-order valence-corrected chi connectivity index (χ1v) is 17.1. The maximum absolute atomic E-state index is 5.63. The smallest absolute Gasteiger partial charge is 0.160 e. The molecule has 1 heterocycles. The number of fused-ring (bicyclic) bond motifs is 10. The molecule has 3 unspecified atom stereocenters. The van der Waals surface area contributed by atoms with Crippen LogP contribution in [0.4, 0.5) is 0 Å². The van der Waals surface area contributed by atoms with Crippen LogP contribution < -0.4 is 0 Å². The first-order valence-electron chi connectivity index (χ1n) is 17.1. The molecule has 1 aromatic heterocycles. The van der Waals surface area contributed by atoms with Crippen molar-refractivity contribution in [2.24, 2.45) is 5.92 Å². The Balaban J connectivity index is 1.16. The maximum atomic E-state index is 5.63. The summed E-state index contributed by atoms with van der Waals surface area (Å²) >= 11 is 0. The van der Waals surface area contributed by atoms with Gasteiger partial charge in [0, 0.05) is 28.5 Å². The predicted octanol–water partition coefficient (Wildman–Crippen LogP) is 11.3. The summed E-state index contributed by atoms with van der Waals surface area (Å²) in [6, 6.07) is 56.7. The standard InChI is InChI=1S/C47H32N2/c1-3-13-31(14-4-1)32-23-25-33(26-24-32)34-27-29-36(30-28-34)46-48-44(35-15-5-2-6-16-35)43-39-19-9-12-22-42(39)47(45(43)49-46)40-20-10-7-17-37(40)38-18-8-11-21-41(38)47/h1-30,37,40H. The monoisotopic (exact) mass is 624 g/mol. The molecule has 0 saturated heterocycles. The van der Waals surface area contributed by atoms with E-state index in [0.717, 1.165) is 33.9 Å². The van der Waals surface area contributed by atoms with Crippen molar-refractivity contribution >= 4 is 0 Å². The van der Waals surface area contributed by atoms with Crippen molar-refractivity contribution in [1.82, 2.24) is 9.97 Å². The van der Waals surface area contributed by atoms with Gasteiger partial charge >= 0.3 is 0 Å². The van der Waals surface area contributed by atoms with Gasteiger partial charge in [-0.25, -0.2) is 9.97 Å². The third kappa shape index (κ3) is 4.14. The highest BCUT2D eigenvalue weighted by Gasteiger charge is 2.58. The average Bonchev–Trinajstić information content (AvgIpc) is 3.66. The third-order valence-electron chi connectivity index (χ3n) is 10.8. The Morgan fingerprint density at radius 3 is 1.65 bits per heavy atom. The van der Waals surface area contributed by atoms with Gasteiger partial charge in [0.05, 0.1) is 16.8 Å². The van der Waals surface area contributed by atoms with E-state index in [2.05, 4.69) is 182 Å². The molecule has 7 aromatic rings. The summed E-state index contributed by atoms with van der Waals surface area (Å²) in [5.41, 5.74) is 15.0. The van der Waals surface area contributed by atoms with Crippen LogP contribution >= 0.6 is 0 Å². The SMILES string of the molecule is C1=CC2c3ccccc3C3(c4ccccc4-c4c(-c5ccccc5)nc(-c5ccc(-c6ccc(-c7ccccc7)cc6)cc5)nc43)C2C=C1. The molecule has 0 fully saturated rings. The van der Waals surface area contributed by atoms with Crippen LogP contribution in [-0.4, -0.2) is 9.97 Å². The zero-order valence-corrected chi connectivity index (χ0v) is 26.9. The predicted molar refractivity (Wildman–Crippen MR) is 200 cm³/mol. The van der Waals surface area contributed by atoms with E-state index >= 15 is 0 Å². The molecule has 0 aliphatic heterocycles. The Morgan fingerprint density at radius 2 is 0.959 bits per heavy atom. The Hall–Kier alpha value is -6.12. The minimum atomic E-state index is -0.421. The van der Waals surface area contributed by atoms with Crippen LogP contribution in [0, 0.1) is 5.92 Å². The van der Waals surface area contributed by atoms with Crippen LogP contribution in [0.15, 0.2) is 182 Å². The van der Waals surface area contributed by atoms with Gasteiger partial charge in [0.15, 0.2) is 5.82 Å². The molecule has 3 aliphatic rings. The van der Waals surface area contributed by atoms with Gasteiger partial charge in [0.25, 0.3) is 0 Å². The lowest BCUT2D eigenvalue weighted by Crippen LogP contribution is -2.34. The second-order valence-corrected chi connectivity index (χ2v) is 13.3. The van der Waals surface area contributed by atoms with Crippen molar-refractivity contribution < 1.29 is 0 Å². The van der Waals surface area contributed by atoms with Gasteiger partial charge in [-0.3, -0.25) is 0 Å². The Bertz CT molecular complexity index is 2420. The van der Waals surface area contributed by atoms with Crippen molar-refractivity contribution in [2.45, 2.75) is 11.3 Å². The summed E-state index contributed by atoms with van der Waals surface area (Å²) in [7, 11) is 0. The van der Waals surface area contributed by atoms with Gasteiger partial charge in [-0.1, -0.05) is 182 Å². The van der Waals surface area contributed by atoms with Crippen LogP contribution in [0.2, 0.25) is 0 Å². The molecule has 0 N–H and O–H groups in total. The fourth-order valence-corrected chi connectivity index (χ4v) is 8.66. The lowest BCUT2D eigenvalue weighted by molar-refractivity contribution is 0.456. The number of allylic oxidation sites excluding steroid dienone is 4. The molecule has 2 heteroatoms. The molecule has 230 valence electrons. The van der Waals surface area contributed by atoms with E-state index in [1.165, 1.54) is 44.5 Å². The lowest BCUT2D eigenvalue weighted by Gasteiger charge is -2.35. The summed E-state index contributed by atoms with van der Waals surface area (Å²) < 4.78 is 0. The Kier molecular flexibility index (Phi) is 6.25. The summed E-state index contributed by atoms with van der Waals surface area (Å²) in [6.45, 7) is 0. The molecule has 0 bridgehead atoms. The minimum Gasteiger partial charge on any atom is -0.231 e. The highest BCUT2D eigenvalue weighted by Crippen LogP contribution is 2.65. The maximum Gasteiger partial charge on any atom is 0.160 e. The number of aromatic nitrogens is 2. The quantitative estimate of drug-likeness (QED) is 0.195. The topological polar surface area (TPSA) is 25.8 Å². The van der Waals surface area contributed by atoms with Gasteiger partial charge in [-0.15, -0.1) is 0 Å². The normalized spacial score (nSPS) is 19.3. The fraction of sp³-hybridized carbons (Fsp3) is 0.0638. The van der Waals surface area contributed by atoms with Crippen molar-refractivity contribution in [1.29, 1.82) is 0 Å².